The van der Waals surface area contributed by atoms with E-state index in [-0.39, 0.29) is 5.91 Å². The van der Waals surface area contributed by atoms with Gasteiger partial charge in [-0.05, 0) is 54.6 Å². The molecule has 1 heterocycles. The Morgan fingerprint density at radius 2 is 2.25 bits per heavy atom. The molecule has 7 heteroatoms. The van der Waals surface area contributed by atoms with E-state index in [1.165, 1.54) is 11.8 Å². The molecule has 2 aromatic rings. The van der Waals surface area contributed by atoms with Crippen LogP contribution in [0, 0.1) is 10.5 Å². The summed E-state index contributed by atoms with van der Waals surface area (Å²) in [5.41, 5.74) is 0.815. The number of thioether (sulfide) groups is 1. The van der Waals surface area contributed by atoms with Gasteiger partial charge in [0.15, 0.2) is 5.16 Å². The van der Waals surface area contributed by atoms with E-state index in [2.05, 4.69) is 38.1 Å². The van der Waals surface area contributed by atoms with Gasteiger partial charge in [0.25, 0.3) is 0 Å². The van der Waals surface area contributed by atoms with Crippen LogP contribution in [-0.2, 0) is 11.3 Å². The topological polar surface area (TPSA) is 59.8 Å². The van der Waals surface area contributed by atoms with Crippen LogP contribution in [-0.4, -0.2) is 26.4 Å². The predicted molar refractivity (Wildman–Crippen MR) is 88.9 cm³/mol. The van der Waals surface area contributed by atoms with Crippen LogP contribution in [0.5, 0.6) is 0 Å². The summed E-state index contributed by atoms with van der Waals surface area (Å²) in [6, 6.07) is 7.71. The highest BCUT2D eigenvalue weighted by Crippen LogP contribution is 2.18. The van der Waals surface area contributed by atoms with E-state index in [1.807, 2.05) is 42.7 Å². The van der Waals surface area contributed by atoms with Crippen molar-refractivity contribution in [3.05, 3.63) is 33.7 Å². The standard InChI is InChI=1S/C13H15IN4OS/c1-3-18-9(2)16-17-13(18)20-8-12(19)15-11-6-4-5-10(14)7-11/h4-7H,3,8H2,1-2H3,(H,15,19). The highest BCUT2D eigenvalue weighted by Gasteiger charge is 2.10. The molecule has 2 rings (SSSR count). The Labute approximate surface area is 135 Å². The highest BCUT2D eigenvalue weighted by molar-refractivity contribution is 14.1. The first-order valence-electron chi connectivity index (χ1n) is 6.18. The van der Waals surface area contributed by atoms with Gasteiger partial charge in [-0.2, -0.15) is 0 Å². The lowest BCUT2D eigenvalue weighted by atomic mass is 10.3. The SMILES string of the molecule is CCn1c(C)nnc1SCC(=O)Nc1cccc(I)c1. The monoisotopic (exact) mass is 402 g/mol. The molecule has 0 saturated carbocycles. The molecular weight excluding hydrogens is 387 g/mol. The van der Waals surface area contributed by atoms with Crippen molar-refractivity contribution < 1.29 is 4.79 Å². The van der Waals surface area contributed by atoms with Crippen LogP contribution in [0.25, 0.3) is 0 Å². The first-order valence-corrected chi connectivity index (χ1v) is 8.24. The summed E-state index contributed by atoms with van der Waals surface area (Å²) < 4.78 is 3.08. The van der Waals surface area contributed by atoms with E-state index in [1.54, 1.807) is 0 Å². The highest BCUT2D eigenvalue weighted by atomic mass is 127. The van der Waals surface area contributed by atoms with Gasteiger partial charge in [-0.25, -0.2) is 0 Å². The summed E-state index contributed by atoms with van der Waals surface area (Å²) in [5.74, 6) is 1.15. The number of amides is 1. The van der Waals surface area contributed by atoms with Crippen LogP contribution in [0.4, 0.5) is 5.69 Å². The van der Waals surface area contributed by atoms with Crippen molar-refractivity contribution in [1.82, 2.24) is 14.8 Å². The molecule has 0 aliphatic rings. The number of hydrogen-bond acceptors (Lipinski definition) is 4. The largest absolute Gasteiger partial charge is 0.325 e. The minimum Gasteiger partial charge on any atom is -0.325 e. The third-order valence-electron chi connectivity index (χ3n) is 2.66. The Morgan fingerprint density at radius 1 is 1.45 bits per heavy atom. The molecule has 1 aromatic heterocycles. The smallest absolute Gasteiger partial charge is 0.234 e. The first kappa shape index (κ1) is 15.3. The molecule has 0 aliphatic carbocycles. The van der Waals surface area contributed by atoms with Crippen molar-refractivity contribution >= 4 is 45.9 Å². The number of rotatable bonds is 5. The molecule has 1 amide bonds. The fraction of sp³-hybridized carbons (Fsp3) is 0.308. The molecular formula is C13H15IN4OS. The molecule has 1 N–H and O–H groups in total. The predicted octanol–water partition coefficient (Wildman–Crippen LogP) is 2.94. The third-order valence-corrected chi connectivity index (χ3v) is 4.30. The molecule has 0 fully saturated rings. The van der Waals surface area contributed by atoms with Crippen molar-refractivity contribution in [3.63, 3.8) is 0 Å². The summed E-state index contributed by atoms with van der Waals surface area (Å²) >= 11 is 3.62. The van der Waals surface area contributed by atoms with Crippen LogP contribution < -0.4 is 5.32 Å². The lowest BCUT2D eigenvalue weighted by Crippen LogP contribution is -2.14. The zero-order chi connectivity index (χ0) is 14.5. The van der Waals surface area contributed by atoms with E-state index in [0.717, 1.165) is 26.8 Å². The maximum absolute atomic E-state index is 11.9. The zero-order valence-electron chi connectivity index (χ0n) is 11.3. The van der Waals surface area contributed by atoms with E-state index < -0.39 is 0 Å². The summed E-state index contributed by atoms with van der Waals surface area (Å²) in [7, 11) is 0. The molecule has 0 saturated heterocycles. The molecule has 0 unspecified atom stereocenters. The zero-order valence-corrected chi connectivity index (χ0v) is 14.2. The Balaban J connectivity index is 1.92. The Bertz CT molecular complexity index is 614. The molecule has 106 valence electrons. The average molecular weight is 402 g/mol. The number of halogens is 1. The molecule has 0 atom stereocenters. The second kappa shape index (κ2) is 7.07. The van der Waals surface area contributed by atoms with Crippen molar-refractivity contribution in [3.8, 4) is 0 Å². The fourth-order valence-electron chi connectivity index (χ4n) is 1.73. The van der Waals surface area contributed by atoms with Crippen LogP contribution in [0.1, 0.15) is 12.7 Å². The number of nitrogens with one attached hydrogen (secondary N) is 1. The first-order chi connectivity index (χ1) is 9.60. The summed E-state index contributed by atoms with van der Waals surface area (Å²) in [6.45, 7) is 4.75. The summed E-state index contributed by atoms with van der Waals surface area (Å²) in [4.78, 5) is 11.9. The fourth-order valence-corrected chi connectivity index (χ4v) is 3.12. The normalized spacial score (nSPS) is 10.6. The van der Waals surface area contributed by atoms with Gasteiger partial charge in [-0.3, -0.25) is 4.79 Å². The van der Waals surface area contributed by atoms with Gasteiger partial charge in [0, 0.05) is 15.8 Å². The van der Waals surface area contributed by atoms with Gasteiger partial charge in [0.05, 0.1) is 5.75 Å². The number of benzene rings is 1. The van der Waals surface area contributed by atoms with E-state index >= 15 is 0 Å². The number of anilines is 1. The molecule has 20 heavy (non-hydrogen) atoms. The number of aryl methyl sites for hydroxylation is 1. The molecule has 1 aromatic carbocycles. The Morgan fingerprint density at radius 3 is 2.95 bits per heavy atom. The Hall–Kier alpha value is -1.09. The van der Waals surface area contributed by atoms with Crippen molar-refractivity contribution in [2.24, 2.45) is 0 Å². The third kappa shape index (κ3) is 3.95. The van der Waals surface area contributed by atoms with Crippen LogP contribution in [0.15, 0.2) is 29.4 Å². The van der Waals surface area contributed by atoms with Gasteiger partial charge >= 0.3 is 0 Å². The van der Waals surface area contributed by atoms with Crippen molar-refractivity contribution in [2.75, 3.05) is 11.1 Å². The van der Waals surface area contributed by atoms with Crippen molar-refractivity contribution in [2.45, 2.75) is 25.5 Å². The van der Waals surface area contributed by atoms with Gasteiger partial charge < -0.3 is 9.88 Å². The number of carbonyl (C=O) groups is 1. The van der Waals surface area contributed by atoms with E-state index in [4.69, 9.17) is 0 Å². The van der Waals surface area contributed by atoms with Crippen LogP contribution in [0.3, 0.4) is 0 Å². The van der Waals surface area contributed by atoms with Crippen LogP contribution in [0.2, 0.25) is 0 Å². The average Bonchev–Trinajstić information content (AvgIpc) is 2.77. The van der Waals surface area contributed by atoms with Crippen molar-refractivity contribution in [1.29, 1.82) is 0 Å². The molecule has 0 radical (unpaired) electrons. The van der Waals surface area contributed by atoms with Gasteiger partial charge in [0.2, 0.25) is 5.91 Å². The molecule has 0 aliphatic heterocycles. The summed E-state index contributed by atoms with van der Waals surface area (Å²) in [6.07, 6.45) is 0. The quantitative estimate of drug-likeness (QED) is 0.617. The minimum absolute atomic E-state index is 0.0414. The van der Waals surface area contributed by atoms with Gasteiger partial charge in [-0.1, -0.05) is 17.8 Å². The maximum atomic E-state index is 11.9. The minimum atomic E-state index is -0.0414. The second-order valence-electron chi connectivity index (χ2n) is 4.12. The second-order valence-corrected chi connectivity index (χ2v) is 6.31. The van der Waals surface area contributed by atoms with Gasteiger partial charge in [0.1, 0.15) is 5.82 Å². The maximum Gasteiger partial charge on any atom is 0.234 e. The van der Waals surface area contributed by atoms with E-state index in [9.17, 15) is 4.79 Å². The van der Waals surface area contributed by atoms with Crippen LogP contribution >= 0.6 is 34.4 Å². The number of carbonyl (C=O) groups excluding carboxylic acids is 1. The summed E-state index contributed by atoms with van der Waals surface area (Å²) in [5, 5.41) is 11.8. The Kier molecular flexibility index (Phi) is 5.41. The molecule has 0 spiro atoms. The number of aromatic nitrogens is 3. The lowest BCUT2D eigenvalue weighted by molar-refractivity contribution is -0.113. The van der Waals surface area contributed by atoms with Gasteiger partial charge in [-0.15, -0.1) is 10.2 Å². The molecule has 5 nitrogen and oxygen atoms in total. The lowest BCUT2D eigenvalue weighted by Gasteiger charge is -2.06. The number of nitrogens with zero attached hydrogens (tertiary/aromatic N) is 3. The molecule has 0 bridgehead atoms. The van der Waals surface area contributed by atoms with E-state index in [0.29, 0.717) is 5.75 Å². The number of hydrogen-bond donors (Lipinski definition) is 1.